The molecule has 0 bridgehead atoms. The molecule has 0 radical (unpaired) electrons. The summed E-state index contributed by atoms with van der Waals surface area (Å²) in [6.07, 6.45) is 6.21. The smallest absolute Gasteiger partial charge is 0.157 e. The van der Waals surface area contributed by atoms with Crippen LogP contribution in [-0.2, 0) is 19.9 Å². The van der Waals surface area contributed by atoms with Gasteiger partial charge in [0.25, 0.3) is 0 Å². The highest BCUT2D eigenvalue weighted by Crippen LogP contribution is 2.13. The largest absolute Gasteiger partial charge is 0.369 e. The summed E-state index contributed by atoms with van der Waals surface area (Å²) in [4.78, 5) is 8.82. The third-order valence-electron chi connectivity index (χ3n) is 3.38. The monoisotopic (exact) mass is 285 g/mol. The highest BCUT2D eigenvalue weighted by atomic mass is 15.3. The molecule has 3 aromatic rings. The summed E-state index contributed by atoms with van der Waals surface area (Å²) in [6, 6.07) is 3.99. The molecule has 21 heavy (non-hydrogen) atoms. The second-order valence-electron chi connectivity index (χ2n) is 4.96. The molecule has 0 aliphatic rings. The fraction of sp³-hybridized carbons (Fsp3) is 0.429. The number of rotatable bonds is 6. The Kier molecular flexibility index (Phi) is 3.81. The molecule has 7 nitrogen and oxygen atoms in total. The number of hydrogen-bond donors (Lipinski definition) is 1. The lowest BCUT2D eigenvalue weighted by atomic mass is 10.2. The van der Waals surface area contributed by atoms with Crippen LogP contribution in [0.5, 0.6) is 0 Å². The fourth-order valence-corrected chi connectivity index (χ4v) is 2.32. The Labute approximate surface area is 123 Å². The van der Waals surface area contributed by atoms with Gasteiger partial charge in [-0.2, -0.15) is 14.7 Å². The van der Waals surface area contributed by atoms with Crippen molar-refractivity contribution in [1.82, 2.24) is 29.4 Å². The lowest BCUT2D eigenvalue weighted by molar-refractivity contribution is 0.700. The molecule has 3 heterocycles. The van der Waals surface area contributed by atoms with Gasteiger partial charge in [0.15, 0.2) is 5.65 Å². The SMILES string of the molecule is CCCc1cc(NCCc2ncnn2C)n2nccc2n1. The standard InChI is InChI=1S/C14H19N7/c1-3-4-11-9-14(21-13(19-11)6-8-17-21)15-7-5-12-16-10-18-20(12)2/h6,8-10,15H,3-5,7H2,1-2H3. The van der Waals surface area contributed by atoms with Gasteiger partial charge in [-0.25, -0.2) is 9.97 Å². The Morgan fingerprint density at radius 3 is 2.90 bits per heavy atom. The van der Waals surface area contributed by atoms with Crippen LogP contribution in [0.4, 0.5) is 5.82 Å². The van der Waals surface area contributed by atoms with Gasteiger partial charge in [0.1, 0.15) is 18.0 Å². The fourth-order valence-electron chi connectivity index (χ4n) is 2.32. The average molecular weight is 285 g/mol. The van der Waals surface area contributed by atoms with E-state index in [1.807, 2.05) is 17.6 Å². The molecule has 0 amide bonds. The normalized spacial score (nSPS) is 11.1. The van der Waals surface area contributed by atoms with Gasteiger partial charge in [-0.15, -0.1) is 0 Å². The highest BCUT2D eigenvalue weighted by Gasteiger charge is 2.06. The van der Waals surface area contributed by atoms with Gasteiger partial charge >= 0.3 is 0 Å². The molecule has 0 aliphatic heterocycles. The van der Waals surface area contributed by atoms with E-state index in [9.17, 15) is 0 Å². The number of nitrogens with zero attached hydrogens (tertiary/aromatic N) is 6. The van der Waals surface area contributed by atoms with Crippen molar-refractivity contribution < 1.29 is 0 Å². The maximum atomic E-state index is 4.59. The van der Waals surface area contributed by atoms with Crippen molar-refractivity contribution in [2.75, 3.05) is 11.9 Å². The minimum Gasteiger partial charge on any atom is -0.369 e. The lowest BCUT2D eigenvalue weighted by Gasteiger charge is -2.10. The number of fused-ring (bicyclic) bond motifs is 1. The third kappa shape index (κ3) is 2.86. The van der Waals surface area contributed by atoms with Gasteiger partial charge < -0.3 is 5.32 Å². The first kappa shape index (κ1) is 13.5. The average Bonchev–Trinajstić information content (AvgIpc) is 3.08. The van der Waals surface area contributed by atoms with Gasteiger partial charge in [-0.05, 0) is 6.42 Å². The molecule has 0 saturated heterocycles. The first-order valence-electron chi connectivity index (χ1n) is 7.18. The van der Waals surface area contributed by atoms with Crippen LogP contribution in [0.2, 0.25) is 0 Å². The van der Waals surface area contributed by atoms with Gasteiger partial charge in [-0.1, -0.05) is 13.3 Å². The summed E-state index contributed by atoms with van der Waals surface area (Å²) in [6.45, 7) is 2.93. The van der Waals surface area contributed by atoms with Crippen LogP contribution in [-0.4, -0.2) is 35.9 Å². The predicted octanol–water partition coefficient (Wildman–Crippen LogP) is 1.46. The summed E-state index contributed by atoms with van der Waals surface area (Å²) in [5, 5.41) is 11.8. The van der Waals surface area contributed by atoms with E-state index >= 15 is 0 Å². The third-order valence-corrected chi connectivity index (χ3v) is 3.38. The lowest BCUT2D eigenvalue weighted by Crippen LogP contribution is -2.12. The van der Waals surface area contributed by atoms with E-state index in [4.69, 9.17) is 0 Å². The molecule has 3 aromatic heterocycles. The molecule has 0 saturated carbocycles. The Morgan fingerprint density at radius 1 is 1.24 bits per heavy atom. The van der Waals surface area contributed by atoms with Crippen LogP contribution in [0.25, 0.3) is 5.65 Å². The second-order valence-corrected chi connectivity index (χ2v) is 4.96. The molecule has 0 aliphatic carbocycles. The number of aryl methyl sites for hydroxylation is 2. The first-order valence-corrected chi connectivity index (χ1v) is 7.18. The molecule has 7 heteroatoms. The topological polar surface area (TPSA) is 72.9 Å². The second kappa shape index (κ2) is 5.90. The number of hydrogen-bond acceptors (Lipinski definition) is 5. The van der Waals surface area contributed by atoms with E-state index < -0.39 is 0 Å². The minimum atomic E-state index is 0.775. The molecular weight excluding hydrogens is 266 g/mol. The Bertz CT molecular complexity index is 728. The zero-order valence-electron chi connectivity index (χ0n) is 12.3. The molecule has 0 unspecified atom stereocenters. The van der Waals surface area contributed by atoms with Crippen molar-refractivity contribution in [2.45, 2.75) is 26.2 Å². The molecule has 1 N–H and O–H groups in total. The predicted molar refractivity (Wildman–Crippen MR) is 80.2 cm³/mol. The van der Waals surface area contributed by atoms with Crippen LogP contribution < -0.4 is 5.32 Å². The molecule has 0 spiro atoms. The Morgan fingerprint density at radius 2 is 2.14 bits per heavy atom. The summed E-state index contributed by atoms with van der Waals surface area (Å²) in [5.41, 5.74) is 1.97. The minimum absolute atomic E-state index is 0.775. The van der Waals surface area contributed by atoms with E-state index in [0.29, 0.717) is 0 Å². The van der Waals surface area contributed by atoms with Crippen molar-refractivity contribution >= 4 is 11.5 Å². The summed E-state index contributed by atoms with van der Waals surface area (Å²) in [5.74, 6) is 1.93. The van der Waals surface area contributed by atoms with Crippen LogP contribution >= 0.6 is 0 Å². The summed E-state index contributed by atoms with van der Waals surface area (Å²) in [7, 11) is 1.90. The maximum absolute atomic E-state index is 4.59. The van der Waals surface area contributed by atoms with E-state index in [2.05, 4.69) is 38.5 Å². The number of anilines is 1. The van der Waals surface area contributed by atoms with Crippen LogP contribution in [0.3, 0.4) is 0 Å². The zero-order chi connectivity index (χ0) is 14.7. The molecule has 0 aromatic carbocycles. The zero-order valence-corrected chi connectivity index (χ0v) is 12.3. The summed E-state index contributed by atoms with van der Waals surface area (Å²) >= 11 is 0. The molecule has 0 fully saturated rings. The van der Waals surface area contributed by atoms with Crippen molar-refractivity contribution in [3.8, 4) is 0 Å². The van der Waals surface area contributed by atoms with Crippen LogP contribution in [0, 0.1) is 0 Å². The van der Waals surface area contributed by atoms with Gasteiger partial charge in [0, 0.05) is 37.8 Å². The summed E-state index contributed by atoms with van der Waals surface area (Å²) < 4.78 is 3.62. The molecule has 3 rings (SSSR count). The number of aromatic nitrogens is 6. The van der Waals surface area contributed by atoms with E-state index in [1.165, 1.54) is 0 Å². The Hall–Kier alpha value is -2.44. The maximum Gasteiger partial charge on any atom is 0.157 e. The van der Waals surface area contributed by atoms with E-state index in [0.717, 1.165) is 48.8 Å². The molecular formula is C14H19N7. The van der Waals surface area contributed by atoms with Crippen LogP contribution in [0.1, 0.15) is 24.9 Å². The molecule has 0 atom stereocenters. The van der Waals surface area contributed by atoms with Crippen LogP contribution in [0.15, 0.2) is 24.7 Å². The van der Waals surface area contributed by atoms with Crippen molar-refractivity contribution in [1.29, 1.82) is 0 Å². The van der Waals surface area contributed by atoms with Gasteiger partial charge in [0.05, 0.1) is 6.20 Å². The first-order chi connectivity index (χ1) is 10.3. The van der Waals surface area contributed by atoms with Crippen molar-refractivity contribution in [3.05, 3.63) is 36.2 Å². The van der Waals surface area contributed by atoms with E-state index in [1.54, 1.807) is 17.2 Å². The molecule has 110 valence electrons. The quantitative estimate of drug-likeness (QED) is 0.742. The van der Waals surface area contributed by atoms with E-state index in [-0.39, 0.29) is 0 Å². The van der Waals surface area contributed by atoms with Crippen molar-refractivity contribution in [2.24, 2.45) is 7.05 Å². The van der Waals surface area contributed by atoms with Gasteiger partial charge in [0.2, 0.25) is 0 Å². The van der Waals surface area contributed by atoms with Crippen molar-refractivity contribution in [3.63, 3.8) is 0 Å². The Balaban J connectivity index is 1.76. The van der Waals surface area contributed by atoms with Gasteiger partial charge in [-0.3, -0.25) is 4.68 Å². The highest BCUT2D eigenvalue weighted by molar-refractivity contribution is 5.49. The number of nitrogens with one attached hydrogen (secondary N) is 1.